The molecule has 0 aliphatic heterocycles. The molecule has 0 saturated carbocycles. The maximum atomic E-state index is 13.8. The molecule has 0 fully saturated rings. The van der Waals surface area contributed by atoms with Crippen molar-refractivity contribution in [3.63, 3.8) is 0 Å². The van der Waals surface area contributed by atoms with Crippen LogP contribution < -0.4 is 14.8 Å². The molecule has 0 radical (unpaired) electrons. The fraction of sp³-hybridized carbons (Fsp3) is 0.208. The number of pyridine rings is 1. The summed E-state index contributed by atoms with van der Waals surface area (Å²) in [6, 6.07) is 14.1. The SMILES string of the molecule is COC(=O)c1ccc(NC(=O)c2cc(COc3ccccc3F)cc(OC(C)C)c2)nc1. The van der Waals surface area contributed by atoms with Crippen LogP contribution in [0.1, 0.15) is 40.1 Å². The zero-order valence-corrected chi connectivity index (χ0v) is 17.9. The Morgan fingerprint density at radius 2 is 1.84 bits per heavy atom. The zero-order chi connectivity index (χ0) is 23.1. The average molecular weight is 438 g/mol. The third kappa shape index (κ3) is 6.04. The summed E-state index contributed by atoms with van der Waals surface area (Å²) in [5.41, 5.74) is 1.21. The number of esters is 1. The molecule has 0 spiro atoms. The minimum absolute atomic E-state index is 0.0442. The highest BCUT2D eigenvalue weighted by atomic mass is 19.1. The summed E-state index contributed by atoms with van der Waals surface area (Å²) in [4.78, 5) is 28.4. The molecular formula is C24H23FN2O5. The Kier molecular flexibility index (Phi) is 7.38. The van der Waals surface area contributed by atoms with Crippen LogP contribution in [-0.4, -0.2) is 30.1 Å². The third-order valence-corrected chi connectivity index (χ3v) is 4.26. The number of hydrogen-bond donors (Lipinski definition) is 1. The van der Waals surface area contributed by atoms with Gasteiger partial charge in [-0.1, -0.05) is 12.1 Å². The van der Waals surface area contributed by atoms with Crippen LogP contribution in [0.4, 0.5) is 10.2 Å². The molecule has 7 nitrogen and oxygen atoms in total. The minimum atomic E-state index is -0.520. The molecular weight excluding hydrogens is 415 g/mol. The number of para-hydroxylation sites is 1. The largest absolute Gasteiger partial charge is 0.491 e. The predicted octanol–water partition coefficient (Wildman–Crippen LogP) is 4.63. The Morgan fingerprint density at radius 3 is 2.50 bits per heavy atom. The fourth-order valence-corrected chi connectivity index (χ4v) is 2.83. The van der Waals surface area contributed by atoms with Crippen molar-refractivity contribution in [2.45, 2.75) is 26.6 Å². The number of anilines is 1. The standard InChI is InChI=1S/C24H23FN2O5/c1-15(2)32-19-11-16(14-31-21-7-5-4-6-20(21)25)10-18(12-19)23(28)27-22-9-8-17(13-26-22)24(29)30-3/h4-13,15H,14H2,1-3H3,(H,26,27,28). The van der Waals surface area contributed by atoms with Crippen LogP contribution in [0.25, 0.3) is 0 Å². The van der Waals surface area contributed by atoms with Gasteiger partial charge in [0.15, 0.2) is 11.6 Å². The summed E-state index contributed by atoms with van der Waals surface area (Å²) in [6.45, 7) is 3.78. The Morgan fingerprint density at radius 1 is 1.06 bits per heavy atom. The van der Waals surface area contributed by atoms with Crippen molar-refractivity contribution < 1.29 is 28.2 Å². The van der Waals surface area contributed by atoms with Gasteiger partial charge in [-0.15, -0.1) is 0 Å². The van der Waals surface area contributed by atoms with Gasteiger partial charge in [0.1, 0.15) is 18.2 Å². The topological polar surface area (TPSA) is 86.8 Å². The van der Waals surface area contributed by atoms with E-state index in [0.717, 1.165) is 0 Å². The van der Waals surface area contributed by atoms with Crippen LogP contribution in [0.3, 0.4) is 0 Å². The maximum absolute atomic E-state index is 13.8. The van der Waals surface area contributed by atoms with Crippen molar-refractivity contribution in [2.24, 2.45) is 0 Å². The van der Waals surface area contributed by atoms with Gasteiger partial charge in [0.05, 0.1) is 18.8 Å². The van der Waals surface area contributed by atoms with E-state index in [4.69, 9.17) is 9.47 Å². The van der Waals surface area contributed by atoms with Crippen molar-refractivity contribution >= 4 is 17.7 Å². The van der Waals surface area contributed by atoms with Gasteiger partial charge in [-0.2, -0.15) is 0 Å². The molecule has 0 saturated heterocycles. The lowest BCUT2D eigenvalue weighted by molar-refractivity contribution is 0.0600. The first-order valence-corrected chi connectivity index (χ1v) is 9.89. The van der Waals surface area contributed by atoms with E-state index in [1.54, 1.807) is 30.3 Å². The number of hydrogen-bond acceptors (Lipinski definition) is 6. The van der Waals surface area contributed by atoms with Gasteiger partial charge in [-0.05, 0) is 61.9 Å². The van der Waals surface area contributed by atoms with E-state index in [2.05, 4.69) is 15.0 Å². The number of amides is 1. The number of benzene rings is 2. The van der Waals surface area contributed by atoms with Gasteiger partial charge in [0, 0.05) is 11.8 Å². The molecule has 1 N–H and O–H groups in total. The fourth-order valence-electron chi connectivity index (χ4n) is 2.83. The normalized spacial score (nSPS) is 10.5. The highest BCUT2D eigenvalue weighted by Crippen LogP contribution is 2.23. The molecule has 8 heteroatoms. The molecule has 0 bridgehead atoms. The Labute approximate surface area is 185 Å². The van der Waals surface area contributed by atoms with Crippen molar-refractivity contribution in [3.8, 4) is 11.5 Å². The van der Waals surface area contributed by atoms with Crippen LogP contribution in [0.2, 0.25) is 0 Å². The molecule has 1 amide bonds. The summed E-state index contributed by atoms with van der Waals surface area (Å²) in [6.07, 6.45) is 1.20. The number of ether oxygens (including phenoxy) is 3. The molecule has 0 aliphatic carbocycles. The quantitative estimate of drug-likeness (QED) is 0.516. The second kappa shape index (κ2) is 10.4. The van der Waals surface area contributed by atoms with Crippen LogP contribution in [0, 0.1) is 5.82 Å². The lowest BCUT2D eigenvalue weighted by Gasteiger charge is -2.14. The smallest absolute Gasteiger partial charge is 0.339 e. The molecule has 3 rings (SSSR count). The van der Waals surface area contributed by atoms with E-state index >= 15 is 0 Å². The van der Waals surface area contributed by atoms with E-state index in [-0.39, 0.29) is 29.8 Å². The van der Waals surface area contributed by atoms with Gasteiger partial charge in [-0.3, -0.25) is 4.79 Å². The number of nitrogens with zero attached hydrogens (tertiary/aromatic N) is 1. The van der Waals surface area contributed by atoms with E-state index in [1.165, 1.54) is 37.6 Å². The molecule has 166 valence electrons. The Bertz CT molecular complexity index is 1100. The first-order chi connectivity index (χ1) is 15.4. The second-order valence-electron chi connectivity index (χ2n) is 7.13. The molecule has 0 aliphatic rings. The van der Waals surface area contributed by atoms with E-state index in [0.29, 0.717) is 16.9 Å². The van der Waals surface area contributed by atoms with Crippen molar-refractivity contribution in [1.82, 2.24) is 4.98 Å². The predicted molar refractivity (Wildman–Crippen MR) is 116 cm³/mol. The molecule has 2 aromatic carbocycles. The number of aromatic nitrogens is 1. The first kappa shape index (κ1) is 22.7. The third-order valence-electron chi connectivity index (χ3n) is 4.26. The van der Waals surface area contributed by atoms with Gasteiger partial charge >= 0.3 is 5.97 Å². The number of rotatable bonds is 8. The van der Waals surface area contributed by atoms with Crippen molar-refractivity contribution in [1.29, 1.82) is 0 Å². The molecule has 32 heavy (non-hydrogen) atoms. The minimum Gasteiger partial charge on any atom is -0.491 e. The zero-order valence-electron chi connectivity index (χ0n) is 17.9. The highest BCUT2D eigenvalue weighted by Gasteiger charge is 2.13. The summed E-state index contributed by atoms with van der Waals surface area (Å²) >= 11 is 0. The summed E-state index contributed by atoms with van der Waals surface area (Å²) in [7, 11) is 1.28. The van der Waals surface area contributed by atoms with E-state index in [1.807, 2.05) is 13.8 Å². The number of halogens is 1. The highest BCUT2D eigenvalue weighted by molar-refractivity contribution is 6.04. The van der Waals surface area contributed by atoms with E-state index in [9.17, 15) is 14.0 Å². The van der Waals surface area contributed by atoms with Crippen molar-refractivity contribution in [2.75, 3.05) is 12.4 Å². The lowest BCUT2D eigenvalue weighted by Crippen LogP contribution is -2.15. The number of carbonyl (C=O) groups excluding carboxylic acids is 2. The van der Waals surface area contributed by atoms with E-state index < -0.39 is 17.7 Å². The lowest BCUT2D eigenvalue weighted by atomic mass is 10.1. The van der Waals surface area contributed by atoms with Crippen molar-refractivity contribution in [3.05, 3.63) is 83.3 Å². The molecule has 0 unspecified atom stereocenters. The molecule has 1 aromatic heterocycles. The maximum Gasteiger partial charge on any atom is 0.339 e. The summed E-state index contributed by atoms with van der Waals surface area (Å²) in [5.74, 6) is -0.557. The number of methoxy groups -OCH3 is 1. The van der Waals surface area contributed by atoms with Crippen LogP contribution in [0.5, 0.6) is 11.5 Å². The first-order valence-electron chi connectivity index (χ1n) is 9.89. The van der Waals surface area contributed by atoms with Gasteiger partial charge in [0.25, 0.3) is 5.91 Å². The summed E-state index contributed by atoms with van der Waals surface area (Å²) in [5, 5.41) is 2.67. The molecule has 0 atom stereocenters. The van der Waals surface area contributed by atoms with Crippen LogP contribution in [-0.2, 0) is 11.3 Å². The van der Waals surface area contributed by atoms with Crippen LogP contribution >= 0.6 is 0 Å². The molecule has 3 aromatic rings. The average Bonchev–Trinajstić information content (AvgIpc) is 2.78. The Balaban J connectivity index is 1.79. The van der Waals surface area contributed by atoms with Gasteiger partial charge in [0.2, 0.25) is 0 Å². The Hall–Kier alpha value is -3.94. The second-order valence-corrected chi connectivity index (χ2v) is 7.13. The number of carbonyl (C=O) groups is 2. The molecule has 1 heterocycles. The van der Waals surface area contributed by atoms with Crippen LogP contribution in [0.15, 0.2) is 60.8 Å². The monoisotopic (exact) mass is 438 g/mol. The van der Waals surface area contributed by atoms with Gasteiger partial charge in [-0.25, -0.2) is 14.2 Å². The van der Waals surface area contributed by atoms with Gasteiger partial charge < -0.3 is 19.5 Å². The number of nitrogens with one attached hydrogen (secondary N) is 1. The summed E-state index contributed by atoms with van der Waals surface area (Å²) < 4.78 is 29.8.